The number of carboxylic acids is 1. The fraction of sp³-hybridized carbons (Fsp3) is 0.809. The average molecular weight is 1080 g/mol. The third-order valence-electron chi connectivity index (χ3n) is 9.59. The summed E-state index contributed by atoms with van der Waals surface area (Å²) in [5.41, 5.74) is 0.325. The van der Waals surface area contributed by atoms with Crippen LogP contribution in [0.2, 0.25) is 0 Å². The van der Waals surface area contributed by atoms with Gasteiger partial charge in [-0.25, -0.2) is 16.8 Å². The molecule has 1 aromatic carbocycles. The van der Waals surface area contributed by atoms with Crippen molar-refractivity contribution in [1.82, 2.24) is 0 Å². The van der Waals surface area contributed by atoms with E-state index in [4.69, 9.17) is 76.2 Å². The molecule has 1 N–H and O–H groups in total. The zero-order valence-corrected chi connectivity index (χ0v) is 44.0. The van der Waals surface area contributed by atoms with Gasteiger partial charge in [0.2, 0.25) is 0 Å². The van der Waals surface area contributed by atoms with Crippen LogP contribution in [-0.2, 0) is 95.5 Å². The zero-order valence-electron chi connectivity index (χ0n) is 42.4. The Morgan fingerprint density at radius 1 is 0.389 bits per heavy atom. The van der Waals surface area contributed by atoms with Crippen molar-refractivity contribution in [1.29, 1.82) is 0 Å². The van der Waals surface area contributed by atoms with E-state index in [9.17, 15) is 31.2 Å². The van der Waals surface area contributed by atoms with Crippen LogP contribution in [0.4, 0.5) is 0 Å². The van der Waals surface area contributed by atoms with Crippen LogP contribution in [0.5, 0.6) is 0 Å². The number of hydrogen-bond acceptors (Lipinski definition) is 22. The van der Waals surface area contributed by atoms with E-state index in [-0.39, 0.29) is 95.8 Å². The number of ketones is 2. The molecule has 1 aromatic rings. The lowest BCUT2D eigenvalue weighted by molar-refractivity contribution is -0.138. The summed E-state index contributed by atoms with van der Waals surface area (Å²) in [7, 11) is -4.79. The van der Waals surface area contributed by atoms with E-state index in [1.165, 1.54) is 24.3 Å². The third-order valence-corrected chi connectivity index (χ3v) is 13.0. The van der Waals surface area contributed by atoms with E-state index in [0.717, 1.165) is 0 Å². The zero-order chi connectivity index (χ0) is 52.6. The molecule has 1 rings (SSSR count). The number of methoxy groups -OCH3 is 2. The van der Waals surface area contributed by atoms with Gasteiger partial charge in [0.25, 0.3) is 0 Å². The van der Waals surface area contributed by atoms with Gasteiger partial charge >= 0.3 is 5.97 Å². The summed E-state index contributed by atoms with van der Waals surface area (Å²) in [5.74, 6) is -5.85. The average Bonchev–Trinajstić information content (AvgIpc) is 3.35. The topological polar surface area (TPSA) is 278 Å². The van der Waals surface area contributed by atoms with Gasteiger partial charge in [-0.1, -0.05) is 24.3 Å². The van der Waals surface area contributed by atoms with Crippen molar-refractivity contribution >= 4 is 37.2 Å². The number of benzene rings is 1. The molecule has 25 heteroatoms. The normalized spacial score (nSPS) is 12.0. The predicted molar refractivity (Wildman–Crippen MR) is 262 cm³/mol. The van der Waals surface area contributed by atoms with Crippen molar-refractivity contribution < 1.29 is 107 Å². The molecular weight excluding hydrogens is 997 g/mol. The van der Waals surface area contributed by atoms with Gasteiger partial charge < -0.3 is 76.2 Å². The number of Topliss-reactive ketones (excluding diaryl/α,β-unsaturated/α-hetero) is 2. The Morgan fingerprint density at radius 3 is 0.972 bits per heavy atom. The lowest BCUT2D eigenvalue weighted by atomic mass is 9.98. The lowest BCUT2D eigenvalue weighted by Crippen LogP contribution is -2.34. The first-order valence-electron chi connectivity index (χ1n) is 24.2. The Bertz CT molecular complexity index is 1610. The molecule has 0 aliphatic heterocycles. The summed E-state index contributed by atoms with van der Waals surface area (Å²) in [4.78, 5) is 37.2. The van der Waals surface area contributed by atoms with Crippen LogP contribution in [0.1, 0.15) is 40.0 Å². The van der Waals surface area contributed by atoms with Gasteiger partial charge in [-0.2, -0.15) is 0 Å². The van der Waals surface area contributed by atoms with E-state index in [1.54, 1.807) is 14.2 Å². The largest absolute Gasteiger partial charge is 0.481 e. The van der Waals surface area contributed by atoms with Gasteiger partial charge in [-0.15, -0.1) is 0 Å². The summed E-state index contributed by atoms with van der Waals surface area (Å²) >= 11 is 0. The second-order valence-electron chi connectivity index (χ2n) is 15.5. The van der Waals surface area contributed by atoms with Crippen molar-refractivity contribution in [3.05, 3.63) is 35.4 Å². The monoisotopic (exact) mass is 1080 g/mol. The van der Waals surface area contributed by atoms with E-state index in [0.29, 0.717) is 125 Å². The predicted octanol–water partition coefficient (Wildman–Crippen LogP) is 1.26. The van der Waals surface area contributed by atoms with Crippen LogP contribution in [-0.4, -0.2) is 262 Å². The van der Waals surface area contributed by atoms with E-state index >= 15 is 0 Å². The van der Waals surface area contributed by atoms with Crippen molar-refractivity contribution in [3.8, 4) is 0 Å². The van der Waals surface area contributed by atoms with Crippen molar-refractivity contribution in [2.75, 3.05) is 222 Å². The highest BCUT2D eigenvalue weighted by atomic mass is 32.2. The first-order valence-corrected chi connectivity index (χ1v) is 27.8. The maximum Gasteiger partial charge on any atom is 0.305 e. The number of rotatable bonds is 56. The number of hydrogen-bond donors (Lipinski definition) is 1. The minimum Gasteiger partial charge on any atom is -0.481 e. The standard InChI is InChI=1S/C47H82O23S2/c1-56-12-14-59-16-18-61-20-22-63-24-26-65-28-30-67-32-34-69-36-38-71(52,53)40-44(47(51)43-7-5-42(6-8-43)45(48)4-3-10-58-11-9-46(49)50)41-72(54,55)39-37-70-35-33-68-31-29-66-27-25-64-23-21-62-19-17-60-15-13-57-2/h5-8,44H,3-4,9-41H2,1-2H3,(H,49,50). The van der Waals surface area contributed by atoms with Gasteiger partial charge in [-0.05, 0) is 6.42 Å². The van der Waals surface area contributed by atoms with Gasteiger partial charge in [0.05, 0.1) is 214 Å². The Morgan fingerprint density at radius 2 is 0.667 bits per heavy atom. The Hall–Kier alpha value is -2.67. The smallest absolute Gasteiger partial charge is 0.305 e. The summed E-state index contributed by atoms with van der Waals surface area (Å²) in [6.07, 6.45) is 0.301. The molecule has 0 atom stereocenters. The summed E-state index contributed by atoms with van der Waals surface area (Å²) < 4.78 is 133. The Labute approximate surface area is 426 Å². The van der Waals surface area contributed by atoms with Crippen LogP contribution in [0.25, 0.3) is 0 Å². The third kappa shape index (κ3) is 41.7. The van der Waals surface area contributed by atoms with Crippen LogP contribution >= 0.6 is 0 Å². The van der Waals surface area contributed by atoms with Gasteiger partial charge in [0.15, 0.2) is 31.2 Å². The molecule has 0 aliphatic carbocycles. The SMILES string of the molecule is COCCOCCOCCOCCOCCOCCOCCS(=O)(=O)CC(CS(=O)(=O)CCOCCOCCOCCOCCOCCOCCOC)C(=O)c1ccc(C(=O)CCCOCCC(=O)O)cc1. The first kappa shape index (κ1) is 67.3. The molecule has 0 bridgehead atoms. The second kappa shape index (κ2) is 46.8. The molecule has 0 fully saturated rings. The minimum atomic E-state index is -4.00. The van der Waals surface area contributed by atoms with Crippen LogP contribution in [0, 0.1) is 5.92 Å². The molecule has 0 aliphatic rings. The first-order chi connectivity index (χ1) is 34.9. The fourth-order valence-electron chi connectivity index (χ4n) is 5.84. The number of carboxylic acid groups (broad SMARTS) is 1. The summed E-state index contributed by atoms with van der Waals surface area (Å²) in [6, 6.07) is 5.55. The highest BCUT2D eigenvalue weighted by Gasteiger charge is 2.31. The summed E-state index contributed by atoms with van der Waals surface area (Å²) in [6.45, 7) is 8.80. The van der Waals surface area contributed by atoms with Crippen LogP contribution in [0.15, 0.2) is 24.3 Å². The molecule has 0 spiro atoms. The maximum atomic E-state index is 13.8. The molecule has 0 amide bonds. The van der Waals surface area contributed by atoms with Gasteiger partial charge in [0.1, 0.15) is 0 Å². The molecule has 0 saturated heterocycles. The second-order valence-corrected chi connectivity index (χ2v) is 19.9. The van der Waals surface area contributed by atoms with Crippen molar-refractivity contribution in [2.24, 2.45) is 5.92 Å². The van der Waals surface area contributed by atoms with E-state index < -0.39 is 60.4 Å². The van der Waals surface area contributed by atoms with Crippen molar-refractivity contribution in [2.45, 2.75) is 19.3 Å². The maximum absolute atomic E-state index is 13.8. The number of ether oxygens (including phenoxy) is 15. The highest BCUT2D eigenvalue weighted by molar-refractivity contribution is 7.92. The van der Waals surface area contributed by atoms with Crippen LogP contribution in [0.3, 0.4) is 0 Å². The Kier molecular flexibility index (Phi) is 43.8. The molecule has 72 heavy (non-hydrogen) atoms. The van der Waals surface area contributed by atoms with E-state index in [1.807, 2.05) is 0 Å². The lowest BCUT2D eigenvalue weighted by Gasteiger charge is -2.17. The highest BCUT2D eigenvalue weighted by Crippen LogP contribution is 2.18. The molecule has 420 valence electrons. The molecule has 0 unspecified atom stereocenters. The summed E-state index contributed by atoms with van der Waals surface area (Å²) in [5, 5.41) is 8.72. The number of sulfone groups is 2. The number of carbonyl (C=O) groups excluding carboxylic acids is 2. The molecular formula is C47H82O23S2. The number of carbonyl (C=O) groups is 3. The molecule has 0 aromatic heterocycles. The van der Waals surface area contributed by atoms with Crippen LogP contribution < -0.4 is 0 Å². The molecule has 0 heterocycles. The molecule has 0 saturated carbocycles. The van der Waals surface area contributed by atoms with Crippen molar-refractivity contribution in [3.63, 3.8) is 0 Å². The minimum absolute atomic E-state index is 0.0263. The van der Waals surface area contributed by atoms with Gasteiger partial charge in [0, 0.05) is 38.4 Å². The quantitative estimate of drug-likeness (QED) is 0.0710. The fourth-order valence-corrected chi connectivity index (χ4v) is 8.83. The molecule has 23 nitrogen and oxygen atoms in total. The Balaban J connectivity index is 2.50. The van der Waals surface area contributed by atoms with E-state index in [2.05, 4.69) is 0 Å². The van der Waals surface area contributed by atoms with Gasteiger partial charge in [-0.3, -0.25) is 14.4 Å². The molecule has 0 radical (unpaired) electrons. The number of aliphatic carboxylic acids is 1.